The average Bonchev–Trinajstić information content (AvgIpc) is 3.18. The van der Waals surface area contributed by atoms with Gasteiger partial charge in [0.1, 0.15) is 18.0 Å². The van der Waals surface area contributed by atoms with E-state index in [4.69, 9.17) is 4.74 Å². The van der Waals surface area contributed by atoms with Crippen LogP contribution < -0.4 is 4.74 Å². The van der Waals surface area contributed by atoms with Crippen molar-refractivity contribution in [2.75, 3.05) is 6.26 Å². The maximum Gasteiger partial charge on any atom is 0.265 e. The summed E-state index contributed by atoms with van der Waals surface area (Å²) < 4.78 is 55.8. The van der Waals surface area contributed by atoms with Crippen LogP contribution in [0.3, 0.4) is 0 Å². The van der Waals surface area contributed by atoms with Crippen LogP contribution in [0.5, 0.6) is 5.88 Å². The van der Waals surface area contributed by atoms with Crippen molar-refractivity contribution in [2.45, 2.75) is 18.1 Å². The van der Waals surface area contributed by atoms with E-state index in [1.165, 1.54) is 29.1 Å². The molecule has 10 nitrogen and oxygen atoms in total. The van der Waals surface area contributed by atoms with Gasteiger partial charge in [-0.05, 0) is 30.3 Å². The van der Waals surface area contributed by atoms with Gasteiger partial charge in [0.2, 0.25) is 5.88 Å². The number of pyridine rings is 2. The van der Waals surface area contributed by atoms with Gasteiger partial charge in [-0.1, -0.05) is 5.21 Å². The molecule has 0 aliphatic carbocycles. The Bertz CT molecular complexity index is 1360. The lowest BCUT2D eigenvalue weighted by molar-refractivity contribution is 0.151. The number of alkyl halides is 2. The third kappa shape index (κ3) is 4.98. The third-order valence-electron chi connectivity index (χ3n) is 4.63. The highest BCUT2D eigenvalue weighted by atomic mass is 32.2. The van der Waals surface area contributed by atoms with Crippen molar-refractivity contribution in [2.24, 2.45) is 7.05 Å². The molecule has 0 atom stereocenters. The zero-order valence-corrected chi connectivity index (χ0v) is 18.2. The number of ether oxygens (including phenoxy) is 1. The highest BCUT2D eigenvalue weighted by Crippen LogP contribution is 2.24. The van der Waals surface area contributed by atoms with Gasteiger partial charge in [0.25, 0.3) is 6.43 Å². The molecule has 0 saturated heterocycles. The summed E-state index contributed by atoms with van der Waals surface area (Å²) in [7, 11) is -1.72. The highest BCUT2D eigenvalue weighted by molar-refractivity contribution is 7.90. The monoisotopic (exact) mass is 473 g/mol. The van der Waals surface area contributed by atoms with E-state index >= 15 is 0 Å². The van der Waals surface area contributed by atoms with Crippen molar-refractivity contribution < 1.29 is 21.9 Å². The normalized spacial score (nSPS) is 11.7. The lowest BCUT2D eigenvalue weighted by Gasteiger charge is -2.08. The minimum Gasteiger partial charge on any atom is -0.470 e. The van der Waals surface area contributed by atoms with Crippen LogP contribution in [-0.2, 0) is 23.5 Å². The van der Waals surface area contributed by atoms with Gasteiger partial charge in [-0.15, -0.1) is 15.3 Å². The summed E-state index contributed by atoms with van der Waals surface area (Å²) in [5, 5.41) is 16.1. The van der Waals surface area contributed by atoms with Crippen LogP contribution in [0.15, 0.2) is 53.8 Å². The summed E-state index contributed by atoms with van der Waals surface area (Å²) in [5.41, 5.74) is 2.26. The molecule has 4 rings (SSSR count). The summed E-state index contributed by atoms with van der Waals surface area (Å²) in [4.78, 5) is 7.97. The molecule has 0 bridgehead atoms. The number of halogens is 2. The molecule has 0 spiro atoms. The van der Waals surface area contributed by atoms with Crippen LogP contribution in [0, 0.1) is 0 Å². The summed E-state index contributed by atoms with van der Waals surface area (Å²) in [6.07, 6.45) is 0.978. The molecule has 0 aromatic carbocycles. The van der Waals surface area contributed by atoms with E-state index in [1.54, 1.807) is 25.2 Å². The third-order valence-corrected chi connectivity index (χ3v) is 5.63. The van der Waals surface area contributed by atoms with E-state index in [0.29, 0.717) is 28.3 Å². The molecule has 0 saturated carbocycles. The Labute approximate surface area is 187 Å². The number of sulfone groups is 1. The summed E-state index contributed by atoms with van der Waals surface area (Å²) in [5.74, 6) is 0.229. The number of nitrogens with zero attached hydrogens (tertiary/aromatic N) is 7. The summed E-state index contributed by atoms with van der Waals surface area (Å²) in [6, 6.07) is 8.99. The fourth-order valence-corrected chi connectivity index (χ4v) is 3.42. The molecule has 0 aliphatic rings. The van der Waals surface area contributed by atoms with E-state index in [2.05, 4.69) is 30.5 Å². The number of aryl methyl sites for hydroxylation is 1. The Hall–Kier alpha value is -3.87. The van der Waals surface area contributed by atoms with Crippen LogP contribution in [0.1, 0.15) is 17.7 Å². The van der Waals surface area contributed by atoms with E-state index in [9.17, 15) is 17.2 Å². The van der Waals surface area contributed by atoms with Crippen molar-refractivity contribution in [3.63, 3.8) is 0 Å². The zero-order chi connectivity index (χ0) is 23.6. The second kappa shape index (κ2) is 8.94. The van der Waals surface area contributed by atoms with Crippen molar-refractivity contribution in [3.8, 4) is 28.5 Å². The van der Waals surface area contributed by atoms with Crippen LogP contribution in [0.25, 0.3) is 22.6 Å². The standard InChI is InChI=1S/C20H17F2N7O3S/c1-29-16(19(27-28-29)15-5-3-13(10-23-15)20(21)22)11-32-17-7-6-14(25-26-17)12-4-8-18(24-9-12)33(2,30)31/h3-10,20H,11H2,1-2H3. The first-order chi connectivity index (χ1) is 15.7. The first kappa shape index (κ1) is 22.3. The molecule has 4 aromatic rings. The molecule has 4 aromatic heterocycles. The fourth-order valence-electron chi connectivity index (χ4n) is 2.86. The minimum atomic E-state index is -3.39. The molecule has 0 unspecified atom stereocenters. The largest absolute Gasteiger partial charge is 0.470 e. The van der Waals surface area contributed by atoms with Crippen LogP contribution in [0.2, 0.25) is 0 Å². The lowest BCUT2D eigenvalue weighted by Crippen LogP contribution is -2.06. The molecule has 13 heteroatoms. The molecule has 33 heavy (non-hydrogen) atoms. The van der Waals surface area contributed by atoms with Gasteiger partial charge in [-0.2, -0.15) is 0 Å². The Kier molecular flexibility index (Phi) is 6.05. The second-order valence-corrected chi connectivity index (χ2v) is 8.95. The van der Waals surface area contributed by atoms with E-state index in [-0.39, 0.29) is 23.1 Å². The molecule has 170 valence electrons. The van der Waals surface area contributed by atoms with Gasteiger partial charge in [-0.25, -0.2) is 26.9 Å². The van der Waals surface area contributed by atoms with Gasteiger partial charge in [0.05, 0.1) is 11.4 Å². The molecule has 4 heterocycles. The molecular weight excluding hydrogens is 456 g/mol. The number of hydrogen-bond acceptors (Lipinski definition) is 9. The van der Waals surface area contributed by atoms with E-state index in [1.807, 2.05) is 0 Å². The topological polar surface area (TPSA) is 126 Å². The van der Waals surface area contributed by atoms with Crippen molar-refractivity contribution >= 4 is 9.84 Å². The first-order valence-electron chi connectivity index (χ1n) is 9.48. The van der Waals surface area contributed by atoms with E-state index in [0.717, 1.165) is 12.5 Å². The zero-order valence-electron chi connectivity index (χ0n) is 17.4. The quantitative estimate of drug-likeness (QED) is 0.398. The van der Waals surface area contributed by atoms with Gasteiger partial charge in [-0.3, -0.25) is 4.98 Å². The fraction of sp³-hybridized carbons (Fsp3) is 0.200. The predicted octanol–water partition coefficient (Wildman–Crippen LogP) is 2.65. The molecule has 0 N–H and O–H groups in total. The molecular formula is C20H17F2N7O3S. The van der Waals surface area contributed by atoms with E-state index < -0.39 is 16.3 Å². The Balaban J connectivity index is 1.47. The highest BCUT2D eigenvalue weighted by Gasteiger charge is 2.17. The van der Waals surface area contributed by atoms with Crippen molar-refractivity contribution in [1.29, 1.82) is 0 Å². The number of rotatable bonds is 7. The maximum absolute atomic E-state index is 12.8. The van der Waals surface area contributed by atoms with Gasteiger partial charge < -0.3 is 4.74 Å². The lowest BCUT2D eigenvalue weighted by atomic mass is 10.2. The minimum absolute atomic E-state index is 0.0295. The Morgan fingerprint density at radius 2 is 1.76 bits per heavy atom. The summed E-state index contributed by atoms with van der Waals surface area (Å²) >= 11 is 0. The average molecular weight is 473 g/mol. The molecule has 0 aliphatic heterocycles. The predicted molar refractivity (Wildman–Crippen MR) is 112 cm³/mol. The Morgan fingerprint density at radius 1 is 0.970 bits per heavy atom. The second-order valence-electron chi connectivity index (χ2n) is 6.99. The van der Waals surface area contributed by atoms with Crippen LogP contribution in [0.4, 0.5) is 8.78 Å². The van der Waals surface area contributed by atoms with Crippen LogP contribution in [-0.4, -0.2) is 49.8 Å². The SMILES string of the molecule is Cn1nnc(-c2ccc(C(F)F)cn2)c1COc1ccc(-c2ccc(S(C)(=O)=O)nc2)nn1. The Morgan fingerprint density at radius 3 is 2.33 bits per heavy atom. The van der Waals surface area contributed by atoms with Gasteiger partial charge in [0, 0.05) is 42.9 Å². The first-order valence-corrected chi connectivity index (χ1v) is 11.4. The van der Waals surface area contributed by atoms with Crippen molar-refractivity contribution in [1.82, 2.24) is 35.2 Å². The van der Waals surface area contributed by atoms with Gasteiger partial charge >= 0.3 is 0 Å². The summed E-state index contributed by atoms with van der Waals surface area (Å²) in [6.45, 7) is 0.0375. The van der Waals surface area contributed by atoms with Crippen molar-refractivity contribution in [3.05, 3.63) is 60.0 Å². The molecule has 0 fully saturated rings. The number of hydrogen-bond donors (Lipinski definition) is 0. The maximum atomic E-state index is 12.8. The number of aromatic nitrogens is 7. The van der Waals surface area contributed by atoms with Gasteiger partial charge in [0.15, 0.2) is 14.9 Å². The molecule has 0 amide bonds. The molecule has 0 radical (unpaired) electrons. The smallest absolute Gasteiger partial charge is 0.265 e. The van der Waals surface area contributed by atoms with Crippen LogP contribution >= 0.6 is 0 Å².